The van der Waals surface area contributed by atoms with E-state index in [4.69, 9.17) is 0 Å². The van der Waals surface area contributed by atoms with Crippen molar-refractivity contribution in [3.8, 4) is 11.8 Å². The van der Waals surface area contributed by atoms with E-state index < -0.39 is 0 Å². The van der Waals surface area contributed by atoms with Crippen molar-refractivity contribution in [3.63, 3.8) is 0 Å². The quantitative estimate of drug-likeness (QED) is 0.540. The summed E-state index contributed by atoms with van der Waals surface area (Å²) in [6.07, 6.45) is 5.37. The molecular formula is C22H16N4OS. The number of pyridine rings is 1. The van der Waals surface area contributed by atoms with E-state index in [2.05, 4.69) is 27.1 Å². The summed E-state index contributed by atoms with van der Waals surface area (Å²) in [5.41, 5.74) is 3.21. The Labute approximate surface area is 166 Å². The molecule has 1 aromatic carbocycles. The summed E-state index contributed by atoms with van der Waals surface area (Å²) < 4.78 is 1.90. The van der Waals surface area contributed by atoms with Gasteiger partial charge in [0.15, 0.2) is 5.13 Å². The average Bonchev–Trinajstić information content (AvgIpc) is 3.37. The molecule has 3 aromatic heterocycles. The molecule has 0 atom stereocenters. The maximum atomic E-state index is 12.7. The van der Waals surface area contributed by atoms with Gasteiger partial charge in [0, 0.05) is 36.1 Å². The van der Waals surface area contributed by atoms with Gasteiger partial charge >= 0.3 is 0 Å². The van der Waals surface area contributed by atoms with Gasteiger partial charge in [-0.05, 0) is 47.9 Å². The van der Waals surface area contributed by atoms with E-state index in [1.807, 2.05) is 64.7 Å². The number of rotatable bonds is 4. The van der Waals surface area contributed by atoms with Crippen molar-refractivity contribution in [1.82, 2.24) is 14.5 Å². The van der Waals surface area contributed by atoms with Crippen LogP contribution in [0.1, 0.15) is 27.3 Å². The first-order valence-electron chi connectivity index (χ1n) is 8.66. The third kappa shape index (κ3) is 4.34. The molecule has 0 aliphatic rings. The Kier molecular flexibility index (Phi) is 5.27. The van der Waals surface area contributed by atoms with Gasteiger partial charge in [0.05, 0.1) is 0 Å². The Morgan fingerprint density at radius 2 is 1.86 bits per heavy atom. The number of amides is 1. The van der Waals surface area contributed by atoms with Gasteiger partial charge in [0.1, 0.15) is 11.4 Å². The van der Waals surface area contributed by atoms with Crippen molar-refractivity contribution in [2.45, 2.75) is 6.54 Å². The lowest BCUT2D eigenvalue weighted by atomic mass is 10.2. The monoisotopic (exact) mass is 384 g/mol. The molecule has 0 radical (unpaired) electrons. The molecule has 136 valence electrons. The van der Waals surface area contributed by atoms with Gasteiger partial charge in [-0.25, -0.2) is 4.98 Å². The standard InChI is InChI=1S/C22H16N4OS/c27-21(20-7-4-14-26(20)15-18-10-12-23-13-11-18)25-22-24-19(16-28-22)9-8-17-5-2-1-3-6-17/h1-7,10-14,16H,15H2,(H,24,25,27). The summed E-state index contributed by atoms with van der Waals surface area (Å²) in [4.78, 5) is 21.1. The van der Waals surface area contributed by atoms with Gasteiger partial charge in [0.25, 0.3) is 5.91 Å². The van der Waals surface area contributed by atoms with E-state index >= 15 is 0 Å². The molecule has 5 nitrogen and oxygen atoms in total. The highest BCUT2D eigenvalue weighted by molar-refractivity contribution is 7.14. The molecule has 0 saturated heterocycles. The number of nitrogens with one attached hydrogen (secondary N) is 1. The molecule has 28 heavy (non-hydrogen) atoms. The van der Waals surface area contributed by atoms with Crippen LogP contribution in [0.3, 0.4) is 0 Å². The number of benzene rings is 1. The maximum Gasteiger partial charge on any atom is 0.274 e. The second-order valence-electron chi connectivity index (χ2n) is 5.98. The van der Waals surface area contributed by atoms with Gasteiger partial charge in [-0.15, -0.1) is 11.3 Å². The van der Waals surface area contributed by atoms with Crippen molar-refractivity contribution in [2.24, 2.45) is 0 Å². The van der Waals surface area contributed by atoms with Crippen LogP contribution in [0.5, 0.6) is 0 Å². The summed E-state index contributed by atoms with van der Waals surface area (Å²) in [6.45, 7) is 0.601. The lowest BCUT2D eigenvalue weighted by Gasteiger charge is -2.08. The van der Waals surface area contributed by atoms with Crippen molar-refractivity contribution in [2.75, 3.05) is 5.32 Å². The smallest absolute Gasteiger partial charge is 0.274 e. The summed E-state index contributed by atoms with van der Waals surface area (Å²) >= 11 is 1.36. The molecule has 0 fully saturated rings. The van der Waals surface area contributed by atoms with Crippen LogP contribution in [-0.2, 0) is 6.54 Å². The second kappa shape index (κ2) is 8.33. The summed E-state index contributed by atoms with van der Waals surface area (Å²) in [6, 6.07) is 17.2. The number of thiazole rings is 1. The lowest BCUT2D eigenvalue weighted by molar-refractivity contribution is 0.101. The highest BCUT2D eigenvalue weighted by Gasteiger charge is 2.13. The molecule has 6 heteroatoms. The number of carbonyl (C=O) groups is 1. The average molecular weight is 384 g/mol. The minimum absolute atomic E-state index is 0.198. The number of aromatic nitrogens is 3. The van der Waals surface area contributed by atoms with Crippen LogP contribution in [0.2, 0.25) is 0 Å². The maximum absolute atomic E-state index is 12.7. The van der Waals surface area contributed by atoms with Crippen molar-refractivity contribution in [1.29, 1.82) is 0 Å². The largest absolute Gasteiger partial charge is 0.339 e. The third-order valence-corrected chi connectivity index (χ3v) is 4.76. The zero-order valence-corrected chi connectivity index (χ0v) is 15.7. The molecule has 0 aliphatic carbocycles. The highest BCUT2D eigenvalue weighted by atomic mass is 32.1. The van der Waals surface area contributed by atoms with Crippen LogP contribution >= 0.6 is 11.3 Å². The Morgan fingerprint density at radius 1 is 1.04 bits per heavy atom. The summed E-state index contributed by atoms with van der Waals surface area (Å²) in [7, 11) is 0. The molecule has 4 rings (SSSR count). The van der Waals surface area contributed by atoms with E-state index in [0.29, 0.717) is 23.1 Å². The SMILES string of the molecule is O=C(Nc1nc(C#Cc2ccccc2)cs1)c1cccn1Cc1ccncc1. The molecule has 0 saturated carbocycles. The fourth-order valence-electron chi connectivity index (χ4n) is 2.65. The van der Waals surface area contributed by atoms with E-state index in [1.54, 1.807) is 18.5 Å². The number of hydrogen-bond donors (Lipinski definition) is 1. The normalized spacial score (nSPS) is 10.1. The summed E-state index contributed by atoms with van der Waals surface area (Å²) in [5, 5.41) is 5.22. The molecule has 0 aliphatic heterocycles. The fraction of sp³-hybridized carbons (Fsp3) is 0.0455. The molecule has 0 bridgehead atoms. The van der Waals surface area contributed by atoms with Crippen molar-refractivity contribution in [3.05, 3.63) is 101 Å². The Balaban J connectivity index is 1.45. The Bertz CT molecular complexity index is 1140. The van der Waals surface area contributed by atoms with Gasteiger partial charge in [0.2, 0.25) is 0 Å². The third-order valence-electron chi connectivity index (χ3n) is 4.00. The second-order valence-corrected chi connectivity index (χ2v) is 6.84. The number of nitrogens with zero attached hydrogens (tertiary/aromatic N) is 3. The first-order chi connectivity index (χ1) is 13.8. The van der Waals surface area contributed by atoms with Gasteiger partial charge in [-0.2, -0.15) is 0 Å². The Morgan fingerprint density at radius 3 is 2.68 bits per heavy atom. The predicted octanol–water partition coefficient (Wildman–Crippen LogP) is 4.04. The van der Waals surface area contributed by atoms with Gasteiger partial charge in [-0.1, -0.05) is 24.1 Å². The first kappa shape index (κ1) is 17.7. The van der Waals surface area contributed by atoms with Crippen LogP contribution in [0.15, 0.2) is 78.6 Å². The van der Waals surface area contributed by atoms with Crippen LogP contribution in [-0.4, -0.2) is 20.4 Å². The van der Waals surface area contributed by atoms with Crippen molar-refractivity contribution < 1.29 is 4.79 Å². The van der Waals surface area contributed by atoms with E-state index in [9.17, 15) is 4.79 Å². The lowest BCUT2D eigenvalue weighted by Crippen LogP contribution is -2.17. The van der Waals surface area contributed by atoms with Crippen LogP contribution < -0.4 is 5.32 Å². The zero-order chi connectivity index (χ0) is 19.2. The Hall–Kier alpha value is -3.69. The highest BCUT2D eigenvalue weighted by Crippen LogP contribution is 2.17. The molecule has 1 amide bonds. The fourth-order valence-corrected chi connectivity index (χ4v) is 3.29. The van der Waals surface area contributed by atoms with Crippen LogP contribution in [0.4, 0.5) is 5.13 Å². The van der Waals surface area contributed by atoms with E-state index in [0.717, 1.165) is 11.1 Å². The van der Waals surface area contributed by atoms with Crippen LogP contribution in [0, 0.1) is 11.8 Å². The van der Waals surface area contributed by atoms with Gasteiger partial charge in [-0.3, -0.25) is 15.1 Å². The minimum Gasteiger partial charge on any atom is -0.339 e. The zero-order valence-electron chi connectivity index (χ0n) is 14.9. The van der Waals surface area contributed by atoms with Gasteiger partial charge < -0.3 is 4.57 Å². The first-order valence-corrected chi connectivity index (χ1v) is 9.54. The topological polar surface area (TPSA) is 59.8 Å². The molecular weight excluding hydrogens is 368 g/mol. The number of carbonyl (C=O) groups excluding carboxylic acids is 1. The molecule has 0 spiro atoms. The number of hydrogen-bond acceptors (Lipinski definition) is 4. The molecule has 0 unspecified atom stereocenters. The number of anilines is 1. The molecule has 1 N–H and O–H groups in total. The van der Waals surface area contributed by atoms with Crippen molar-refractivity contribution >= 4 is 22.4 Å². The predicted molar refractivity (Wildman–Crippen MR) is 110 cm³/mol. The molecule has 3 heterocycles. The van der Waals surface area contributed by atoms with E-state index in [1.165, 1.54) is 11.3 Å². The summed E-state index contributed by atoms with van der Waals surface area (Å²) in [5.74, 6) is 5.89. The minimum atomic E-state index is -0.198. The van der Waals surface area contributed by atoms with Crippen LogP contribution in [0.25, 0.3) is 0 Å². The van der Waals surface area contributed by atoms with E-state index in [-0.39, 0.29) is 5.91 Å². The molecule has 4 aromatic rings.